The summed E-state index contributed by atoms with van der Waals surface area (Å²) in [7, 11) is 0. The van der Waals surface area contributed by atoms with Gasteiger partial charge in [-0.3, -0.25) is 0 Å². The van der Waals surface area contributed by atoms with Crippen molar-refractivity contribution in [1.82, 2.24) is 5.32 Å². The Hall–Kier alpha value is -0.0400. The van der Waals surface area contributed by atoms with E-state index in [0.717, 1.165) is 17.9 Å². The number of rotatable bonds is 3. The lowest BCUT2D eigenvalue weighted by Crippen LogP contribution is -2.58. The molecule has 2 unspecified atom stereocenters. The summed E-state index contributed by atoms with van der Waals surface area (Å²) in [6.45, 7) is 8.88. The molecule has 0 aliphatic heterocycles. The Bertz CT molecular complexity index is 360. The van der Waals surface area contributed by atoms with E-state index in [4.69, 9.17) is 0 Å². The van der Waals surface area contributed by atoms with Crippen molar-refractivity contribution in [3.63, 3.8) is 0 Å². The zero-order chi connectivity index (χ0) is 13.3. The van der Waals surface area contributed by atoms with Gasteiger partial charge in [0.15, 0.2) is 0 Å². The topological polar surface area (TPSA) is 12.0 Å². The van der Waals surface area contributed by atoms with Gasteiger partial charge < -0.3 is 5.32 Å². The molecule has 1 N–H and O–H groups in total. The minimum absolute atomic E-state index is 0.510. The van der Waals surface area contributed by atoms with Crippen molar-refractivity contribution >= 4 is 0 Å². The van der Waals surface area contributed by atoms with Crippen molar-refractivity contribution in [1.29, 1.82) is 0 Å². The van der Waals surface area contributed by atoms with Gasteiger partial charge in [-0.05, 0) is 79.4 Å². The van der Waals surface area contributed by atoms with Crippen LogP contribution in [-0.4, -0.2) is 12.6 Å². The molecule has 0 radical (unpaired) electrons. The van der Waals surface area contributed by atoms with Gasteiger partial charge in [0.25, 0.3) is 0 Å². The molecule has 0 amide bonds. The molecule has 4 bridgehead atoms. The Morgan fingerprint density at radius 3 is 2.16 bits per heavy atom. The van der Waals surface area contributed by atoms with Gasteiger partial charge in [0.1, 0.15) is 0 Å². The van der Waals surface area contributed by atoms with Crippen LogP contribution in [0.5, 0.6) is 0 Å². The van der Waals surface area contributed by atoms with Crippen LogP contribution in [0, 0.1) is 28.1 Å². The average Bonchev–Trinajstić information content (AvgIpc) is 3.06. The molecule has 5 fully saturated rings. The largest absolute Gasteiger partial charge is 0.313 e. The fraction of sp³-hybridized carbons (Fsp3) is 1.00. The summed E-state index contributed by atoms with van der Waals surface area (Å²) in [6, 6.07) is 0.888. The van der Waals surface area contributed by atoms with E-state index in [0.29, 0.717) is 16.2 Å². The molecule has 0 saturated heterocycles. The molecule has 1 nitrogen and oxygen atoms in total. The predicted octanol–water partition coefficient (Wildman–Crippen LogP) is 4.37. The Morgan fingerprint density at radius 1 is 1.00 bits per heavy atom. The normalized spacial score (nSPS) is 48.8. The summed E-state index contributed by atoms with van der Waals surface area (Å²) in [6.07, 6.45) is 12.1. The fourth-order valence-corrected chi connectivity index (χ4v) is 6.18. The Morgan fingerprint density at radius 2 is 1.63 bits per heavy atom. The highest BCUT2D eigenvalue weighted by atomic mass is 15.0. The first kappa shape index (κ1) is 12.7. The van der Waals surface area contributed by atoms with E-state index in [9.17, 15) is 0 Å². The number of nitrogens with one attached hydrogen (secondary N) is 1. The first-order valence-corrected chi connectivity index (χ1v) is 8.63. The first-order valence-electron chi connectivity index (χ1n) is 8.63. The third kappa shape index (κ3) is 1.99. The lowest BCUT2D eigenvalue weighted by Gasteiger charge is -2.66. The van der Waals surface area contributed by atoms with Gasteiger partial charge >= 0.3 is 0 Å². The molecule has 0 aromatic carbocycles. The molecule has 0 heterocycles. The first-order chi connectivity index (χ1) is 8.90. The lowest BCUT2D eigenvalue weighted by atomic mass is 9.39. The average molecular weight is 261 g/mol. The Labute approximate surface area is 118 Å². The van der Waals surface area contributed by atoms with Gasteiger partial charge in [0, 0.05) is 12.6 Å². The van der Waals surface area contributed by atoms with E-state index in [1.165, 1.54) is 38.6 Å². The summed E-state index contributed by atoms with van der Waals surface area (Å²) in [4.78, 5) is 0. The van der Waals surface area contributed by atoms with Crippen LogP contribution >= 0.6 is 0 Å². The van der Waals surface area contributed by atoms with Gasteiger partial charge in [-0.2, -0.15) is 0 Å². The summed E-state index contributed by atoms with van der Waals surface area (Å²) in [5, 5.41) is 3.88. The quantitative estimate of drug-likeness (QED) is 0.795. The van der Waals surface area contributed by atoms with Crippen molar-refractivity contribution in [3.05, 3.63) is 0 Å². The van der Waals surface area contributed by atoms with Gasteiger partial charge in [0.2, 0.25) is 0 Å². The van der Waals surface area contributed by atoms with Crippen molar-refractivity contribution in [2.24, 2.45) is 28.1 Å². The highest BCUT2D eigenvalue weighted by Crippen LogP contribution is 2.69. The SMILES string of the molecule is CC(C)(C)C12CC3CC(CC(CNC4CC4)(C3)C1)C2. The minimum atomic E-state index is 0.510. The standard InChI is InChI=1S/C18H31N/c1-16(2,3)18-9-13-6-14(10-18)8-17(7-13,11-18)12-19-15-4-5-15/h13-15,19H,4-12H2,1-3H3. The van der Waals surface area contributed by atoms with Crippen LogP contribution in [0.2, 0.25) is 0 Å². The maximum atomic E-state index is 3.88. The van der Waals surface area contributed by atoms with Crippen LogP contribution in [0.4, 0.5) is 0 Å². The summed E-state index contributed by atoms with van der Waals surface area (Å²) < 4.78 is 0. The van der Waals surface area contributed by atoms with Gasteiger partial charge in [-0.25, -0.2) is 0 Å². The maximum Gasteiger partial charge on any atom is 0.00684 e. The summed E-state index contributed by atoms with van der Waals surface area (Å²) >= 11 is 0. The van der Waals surface area contributed by atoms with Gasteiger partial charge in [-0.1, -0.05) is 20.8 Å². The number of hydrogen-bond acceptors (Lipinski definition) is 1. The van der Waals surface area contributed by atoms with E-state index in [2.05, 4.69) is 26.1 Å². The molecular weight excluding hydrogens is 230 g/mol. The van der Waals surface area contributed by atoms with Crippen molar-refractivity contribution in [3.8, 4) is 0 Å². The second kappa shape index (κ2) is 3.78. The third-order valence-corrected chi connectivity index (χ3v) is 7.12. The third-order valence-electron chi connectivity index (χ3n) is 7.12. The molecule has 108 valence electrons. The smallest absolute Gasteiger partial charge is 0.00684 e. The second-order valence-corrected chi connectivity index (χ2v) is 9.65. The van der Waals surface area contributed by atoms with Crippen LogP contribution in [0.25, 0.3) is 0 Å². The summed E-state index contributed by atoms with van der Waals surface area (Å²) in [5.41, 5.74) is 1.86. The van der Waals surface area contributed by atoms with Crippen LogP contribution in [0.15, 0.2) is 0 Å². The van der Waals surface area contributed by atoms with Crippen molar-refractivity contribution in [2.45, 2.75) is 78.2 Å². The van der Waals surface area contributed by atoms with E-state index >= 15 is 0 Å². The van der Waals surface area contributed by atoms with Gasteiger partial charge in [-0.15, -0.1) is 0 Å². The van der Waals surface area contributed by atoms with Crippen molar-refractivity contribution < 1.29 is 0 Å². The highest BCUT2D eigenvalue weighted by molar-refractivity contribution is 5.11. The van der Waals surface area contributed by atoms with Crippen LogP contribution in [0.3, 0.4) is 0 Å². The van der Waals surface area contributed by atoms with Gasteiger partial charge in [0.05, 0.1) is 0 Å². The molecule has 5 aliphatic rings. The minimum Gasteiger partial charge on any atom is -0.313 e. The van der Waals surface area contributed by atoms with E-state index < -0.39 is 0 Å². The molecular formula is C18H31N. The van der Waals surface area contributed by atoms with E-state index in [1.54, 1.807) is 19.3 Å². The summed E-state index contributed by atoms with van der Waals surface area (Å²) in [5.74, 6) is 2.11. The molecule has 0 aromatic rings. The molecule has 5 aliphatic carbocycles. The molecule has 0 aromatic heterocycles. The van der Waals surface area contributed by atoms with Crippen molar-refractivity contribution in [2.75, 3.05) is 6.54 Å². The maximum absolute atomic E-state index is 3.88. The highest BCUT2D eigenvalue weighted by Gasteiger charge is 2.60. The molecule has 5 rings (SSSR count). The Kier molecular flexibility index (Phi) is 2.52. The van der Waals surface area contributed by atoms with Crippen LogP contribution < -0.4 is 5.32 Å². The zero-order valence-corrected chi connectivity index (χ0v) is 13.1. The Balaban J connectivity index is 1.59. The molecule has 0 spiro atoms. The van der Waals surface area contributed by atoms with Crippen LogP contribution in [0.1, 0.15) is 72.1 Å². The molecule has 2 atom stereocenters. The molecule has 1 heteroatoms. The van der Waals surface area contributed by atoms with Crippen LogP contribution in [-0.2, 0) is 0 Å². The van der Waals surface area contributed by atoms with E-state index in [1.807, 2.05) is 0 Å². The second-order valence-electron chi connectivity index (χ2n) is 9.65. The zero-order valence-electron chi connectivity index (χ0n) is 13.1. The predicted molar refractivity (Wildman–Crippen MR) is 80.0 cm³/mol. The van der Waals surface area contributed by atoms with E-state index in [-0.39, 0.29) is 0 Å². The monoisotopic (exact) mass is 261 g/mol. The fourth-order valence-electron chi connectivity index (χ4n) is 6.18. The number of hydrogen-bond donors (Lipinski definition) is 1. The lowest BCUT2D eigenvalue weighted by molar-refractivity contribution is -0.155. The molecule has 19 heavy (non-hydrogen) atoms. The molecule has 5 saturated carbocycles.